The minimum absolute atomic E-state index is 0.0225. The Balaban J connectivity index is 1.57. The molecule has 2 heterocycles. The van der Waals surface area contributed by atoms with Gasteiger partial charge in [0.15, 0.2) is 0 Å². The number of anilines is 1. The van der Waals surface area contributed by atoms with Crippen LogP contribution in [0.25, 0.3) is 0 Å². The van der Waals surface area contributed by atoms with E-state index in [1.54, 1.807) is 59.1 Å². The van der Waals surface area contributed by atoms with Crippen molar-refractivity contribution >= 4 is 23.4 Å². The molecule has 0 unspecified atom stereocenters. The van der Waals surface area contributed by atoms with E-state index in [4.69, 9.17) is 4.74 Å². The van der Waals surface area contributed by atoms with E-state index in [9.17, 15) is 14.4 Å². The van der Waals surface area contributed by atoms with Crippen LogP contribution in [0.15, 0.2) is 60.9 Å². The number of aryl methyl sites for hydroxylation is 1. The molecule has 0 bridgehead atoms. The highest BCUT2D eigenvalue weighted by molar-refractivity contribution is 6.04. The molecule has 1 atom stereocenters. The fourth-order valence-electron chi connectivity index (χ4n) is 4.06. The van der Waals surface area contributed by atoms with Crippen LogP contribution in [0, 0.1) is 0 Å². The molecule has 1 fully saturated rings. The zero-order valence-corrected chi connectivity index (χ0v) is 19.4. The minimum Gasteiger partial charge on any atom is -0.497 e. The third-order valence-electron chi connectivity index (χ3n) is 5.92. The van der Waals surface area contributed by atoms with E-state index in [0.717, 1.165) is 11.3 Å². The molecule has 0 saturated carbocycles. The quantitative estimate of drug-likeness (QED) is 0.630. The van der Waals surface area contributed by atoms with Gasteiger partial charge in [-0.05, 0) is 35.9 Å². The molecule has 0 spiro atoms. The van der Waals surface area contributed by atoms with Crippen LogP contribution in [-0.2, 0) is 11.8 Å². The van der Waals surface area contributed by atoms with E-state index < -0.39 is 0 Å². The van der Waals surface area contributed by atoms with E-state index in [2.05, 4.69) is 10.4 Å². The molecule has 0 radical (unpaired) electrons. The summed E-state index contributed by atoms with van der Waals surface area (Å²) in [6, 6.07) is 14.1. The molecule has 2 aromatic carbocycles. The van der Waals surface area contributed by atoms with Crippen LogP contribution in [-0.4, -0.2) is 64.0 Å². The maximum absolute atomic E-state index is 13.6. The van der Waals surface area contributed by atoms with Crippen LogP contribution in [0.1, 0.15) is 39.2 Å². The van der Waals surface area contributed by atoms with E-state index in [1.165, 1.54) is 13.1 Å². The number of aromatic nitrogens is 2. The van der Waals surface area contributed by atoms with E-state index in [1.807, 2.05) is 24.3 Å². The van der Waals surface area contributed by atoms with Crippen molar-refractivity contribution in [2.24, 2.45) is 7.05 Å². The summed E-state index contributed by atoms with van der Waals surface area (Å²) in [5.74, 6) is 0.231. The Bertz CT molecular complexity index is 1200. The van der Waals surface area contributed by atoms with Crippen LogP contribution in [0.5, 0.6) is 5.75 Å². The van der Waals surface area contributed by atoms with Gasteiger partial charge in [-0.25, -0.2) is 0 Å². The molecule has 0 aliphatic carbocycles. The third-order valence-corrected chi connectivity index (χ3v) is 5.92. The highest BCUT2D eigenvalue weighted by Gasteiger charge is 2.33. The molecule has 34 heavy (non-hydrogen) atoms. The van der Waals surface area contributed by atoms with Crippen LogP contribution in [0.3, 0.4) is 0 Å². The van der Waals surface area contributed by atoms with Crippen molar-refractivity contribution in [3.63, 3.8) is 0 Å². The lowest BCUT2D eigenvalue weighted by molar-refractivity contribution is -0.131. The second kappa shape index (κ2) is 9.78. The van der Waals surface area contributed by atoms with Crippen molar-refractivity contribution in [1.29, 1.82) is 0 Å². The number of carbonyl (C=O) groups is 3. The first-order valence-electron chi connectivity index (χ1n) is 11.0. The lowest BCUT2D eigenvalue weighted by atomic mass is 10.0. The molecule has 176 valence electrons. The number of hydrogen-bond donors (Lipinski definition) is 1. The van der Waals surface area contributed by atoms with Crippen LogP contribution >= 0.6 is 0 Å². The van der Waals surface area contributed by atoms with Gasteiger partial charge in [0.2, 0.25) is 5.91 Å². The van der Waals surface area contributed by atoms with E-state index in [0.29, 0.717) is 36.4 Å². The van der Waals surface area contributed by atoms with Crippen molar-refractivity contribution in [1.82, 2.24) is 19.6 Å². The Morgan fingerprint density at radius 2 is 1.82 bits per heavy atom. The molecular formula is C25H27N5O4. The number of piperazine rings is 1. The summed E-state index contributed by atoms with van der Waals surface area (Å²) in [6.45, 7) is 2.81. The monoisotopic (exact) mass is 461 g/mol. The van der Waals surface area contributed by atoms with Crippen molar-refractivity contribution in [2.45, 2.75) is 13.0 Å². The summed E-state index contributed by atoms with van der Waals surface area (Å²) in [6.07, 6.45) is 3.11. The summed E-state index contributed by atoms with van der Waals surface area (Å²) in [5.41, 5.74) is 2.32. The van der Waals surface area contributed by atoms with Crippen LogP contribution in [0.4, 0.5) is 5.69 Å². The summed E-state index contributed by atoms with van der Waals surface area (Å²) in [5, 5.41) is 6.83. The molecule has 1 aliphatic rings. The molecule has 1 aliphatic heterocycles. The second-order valence-corrected chi connectivity index (χ2v) is 8.19. The predicted octanol–water partition coefficient (Wildman–Crippen LogP) is 2.73. The molecule has 4 rings (SSSR count). The van der Waals surface area contributed by atoms with Gasteiger partial charge in [0.25, 0.3) is 11.8 Å². The Morgan fingerprint density at radius 1 is 1.06 bits per heavy atom. The second-order valence-electron chi connectivity index (χ2n) is 8.19. The zero-order chi connectivity index (χ0) is 24.2. The molecule has 1 aromatic heterocycles. The molecular weight excluding hydrogens is 434 g/mol. The fourth-order valence-corrected chi connectivity index (χ4v) is 4.06. The summed E-state index contributed by atoms with van der Waals surface area (Å²) in [7, 11) is 3.34. The average molecular weight is 462 g/mol. The van der Waals surface area contributed by atoms with Gasteiger partial charge in [-0.15, -0.1) is 0 Å². The standard InChI is InChI=1S/C25H27N5O4/c1-17(31)29-11-12-30(23(16-29)18-7-9-22(34-3)10-8-18)25(33)19-5-4-6-21(13-19)27-24(32)20-14-26-28(2)15-20/h4-10,13-15,23H,11-12,16H2,1-3H3,(H,27,32)/t23-/m0/s1. The van der Waals surface area contributed by atoms with Crippen LogP contribution in [0.2, 0.25) is 0 Å². The van der Waals surface area contributed by atoms with Gasteiger partial charge in [-0.1, -0.05) is 18.2 Å². The molecule has 1 N–H and O–H groups in total. The predicted molar refractivity (Wildman–Crippen MR) is 127 cm³/mol. The van der Waals surface area contributed by atoms with Gasteiger partial charge in [-0.3, -0.25) is 19.1 Å². The van der Waals surface area contributed by atoms with Gasteiger partial charge < -0.3 is 19.9 Å². The summed E-state index contributed by atoms with van der Waals surface area (Å²) >= 11 is 0. The largest absolute Gasteiger partial charge is 0.497 e. The highest BCUT2D eigenvalue weighted by Crippen LogP contribution is 2.29. The molecule has 9 heteroatoms. The maximum atomic E-state index is 13.6. The Labute approximate surface area is 197 Å². The number of methoxy groups -OCH3 is 1. The number of hydrogen-bond acceptors (Lipinski definition) is 5. The number of nitrogens with one attached hydrogen (secondary N) is 1. The SMILES string of the molecule is COc1ccc([C@@H]2CN(C(C)=O)CCN2C(=O)c2cccc(NC(=O)c3cnn(C)c3)c2)cc1. The zero-order valence-electron chi connectivity index (χ0n) is 19.4. The first-order valence-corrected chi connectivity index (χ1v) is 11.0. The van der Waals surface area contributed by atoms with E-state index >= 15 is 0 Å². The number of carbonyl (C=O) groups excluding carboxylic acids is 3. The minimum atomic E-state index is -0.302. The Morgan fingerprint density at radius 3 is 2.47 bits per heavy atom. The van der Waals surface area contributed by atoms with Crippen molar-refractivity contribution < 1.29 is 19.1 Å². The first-order chi connectivity index (χ1) is 16.4. The van der Waals surface area contributed by atoms with Gasteiger partial charge in [-0.2, -0.15) is 5.10 Å². The third kappa shape index (κ3) is 4.93. The number of amides is 3. The number of benzene rings is 2. The topological polar surface area (TPSA) is 96.8 Å². The highest BCUT2D eigenvalue weighted by atomic mass is 16.5. The number of nitrogens with zero attached hydrogens (tertiary/aromatic N) is 4. The van der Waals surface area contributed by atoms with Gasteiger partial charge in [0.1, 0.15) is 5.75 Å². The molecule has 3 amide bonds. The molecule has 9 nitrogen and oxygen atoms in total. The Kier molecular flexibility index (Phi) is 6.62. The van der Waals surface area contributed by atoms with Crippen molar-refractivity contribution in [3.8, 4) is 5.75 Å². The lowest BCUT2D eigenvalue weighted by Gasteiger charge is -2.41. The first kappa shape index (κ1) is 23.0. The lowest BCUT2D eigenvalue weighted by Crippen LogP contribution is -2.51. The normalized spacial score (nSPS) is 15.7. The number of ether oxygens (including phenoxy) is 1. The summed E-state index contributed by atoms with van der Waals surface area (Å²) < 4.78 is 6.80. The smallest absolute Gasteiger partial charge is 0.258 e. The van der Waals surface area contributed by atoms with Crippen molar-refractivity contribution in [3.05, 3.63) is 77.6 Å². The fraction of sp³-hybridized carbons (Fsp3) is 0.280. The van der Waals surface area contributed by atoms with Crippen LogP contribution < -0.4 is 10.1 Å². The average Bonchev–Trinajstić information content (AvgIpc) is 3.30. The van der Waals surface area contributed by atoms with Gasteiger partial charge >= 0.3 is 0 Å². The van der Waals surface area contributed by atoms with Crippen molar-refractivity contribution in [2.75, 3.05) is 32.1 Å². The summed E-state index contributed by atoms with van der Waals surface area (Å²) in [4.78, 5) is 41.6. The van der Waals surface area contributed by atoms with E-state index in [-0.39, 0.29) is 23.8 Å². The van der Waals surface area contributed by atoms with Gasteiger partial charge in [0.05, 0.1) is 24.9 Å². The maximum Gasteiger partial charge on any atom is 0.258 e. The number of rotatable bonds is 5. The van der Waals surface area contributed by atoms with Gasteiger partial charge in [0, 0.05) is 51.1 Å². The molecule has 1 saturated heterocycles. The molecule has 3 aromatic rings. The Hall–Kier alpha value is -4.14.